The number of rotatable bonds is 5. The van der Waals surface area contributed by atoms with Gasteiger partial charge in [-0.1, -0.05) is 83.5 Å². The zero-order chi connectivity index (χ0) is 26.0. The Kier molecular flexibility index (Phi) is 10.7. The lowest BCUT2D eigenvalue weighted by Crippen LogP contribution is -2.27. The van der Waals surface area contributed by atoms with Crippen molar-refractivity contribution in [2.24, 2.45) is 4.99 Å². The Morgan fingerprint density at radius 2 is 1.51 bits per heavy atom. The molecule has 4 heteroatoms. The Balaban J connectivity index is 0.00000103. The first-order valence-electron chi connectivity index (χ1n) is 12.9. The zero-order valence-corrected chi connectivity index (χ0v) is 22.4. The number of aryl methyl sites for hydroxylation is 3. The van der Waals surface area contributed by atoms with E-state index in [4.69, 9.17) is 10.7 Å². The van der Waals surface area contributed by atoms with E-state index in [0.29, 0.717) is 12.1 Å². The number of amides is 1. The Morgan fingerprint density at radius 1 is 0.857 bits per heavy atom. The molecule has 3 aromatic rings. The van der Waals surface area contributed by atoms with Gasteiger partial charge in [-0.15, -0.1) is 0 Å². The van der Waals surface area contributed by atoms with Gasteiger partial charge in [-0.2, -0.15) is 0 Å². The van der Waals surface area contributed by atoms with E-state index in [1.54, 1.807) is 0 Å². The fourth-order valence-corrected chi connectivity index (χ4v) is 4.18. The lowest BCUT2D eigenvalue weighted by atomic mass is 9.96. The molecule has 3 aromatic carbocycles. The molecule has 1 unspecified atom stereocenters. The summed E-state index contributed by atoms with van der Waals surface area (Å²) in [6.45, 7) is 14.4. The number of hydrogen-bond donors (Lipinski definition) is 2. The predicted octanol–water partition coefficient (Wildman–Crippen LogP) is 7.16. The van der Waals surface area contributed by atoms with Gasteiger partial charge in [0.15, 0.2) is 0 Å². The van der Waals surface area contributed by atoms with E-state index in [0.717, 1.165) is 46.5 Å². The largest absolute Gasteiger partial charge is 0.399 e. The molecule has 0 aromatic heterocycles. The second-order valence-corrected chi connectivity index (χ2v) is 8.17. The molecule has 35 heavy (non-hydrogen) atoms. The van der Waals surface area contributed by atoms with Gasteiger partial charge in [0.05, 0.1) is 11.4 Å². The summed E-state index contributed by atoms with van der Waals surface area (Å²) in [5.41, 5.74) is 15.1. The van der Waals surface area contributed by atoms with E-state index in [1.807, 2.05) is 71.0 Å². The van der Waals surface area contributed by atoms with Crippen molar-refractivity contribution in [2.45, 2.75) is 73.8 Å². The van der Waals surface area contributed by atoms with Gasteiger partial charge in [-0.3, -0.25) is 9.79 Å². The molecule has 0 fully saturated rings. The fraction of sp³-hybridized carbons (Fsp3) is 0.355. The van der Waals surface area contributed by atoms with Crippen LogP contribution in [0.4, 0.5) is 11.4 Å². The number of carbonyl (C=O) groups is 1. The molecule has 3 N–H and O–H groups in total. The van der Waals surface area contributed by atoms with Crippen molar-refractivity contribution >= 4 is 23.0 Å². The third-order valence-corrected chi connectivity index (χ3v) is 5.92. The molecule has 186 valence electrons. The van der Waals surface area contributed by atoms with Gasteiger partial charge in [-0.05, 0) is 60.7 Å². The van der Waals surface area contributed by atoms with Crippen molar-refractivity contribution in [3.05, 3.63) is 94.0 Å². The number of nitrogen functional groups attached to an aromatic ring is 1. The number of nitrogens with zero attached hydrogens (tertiary/aromatic N) is 1. The van der Waals surface area contributed by atoms with Crippen molar-refractivity contribution in [2.75, 3.05) is 11.1 Å². The minimum absolute atomic E-state index is 0.0758. The van der Waals surface area contributed by atoms with Crippen LogP contribution in [0.2, 0.25) is 0 Å². The third kappa shape index (κ3) is 6.82. The quantitative estimate of drug-likeness (QED) is 0.388. The highest BCUT2D eigenvalue weighted by Crippen LogP contribution is 2.27. The molecule has 4 rings (SSSR count). The zero-order valence-electron chi connectivity index (χ0n) is 22.4. The molecule has 1 aliphatic heterocycles. The SMILES string of the molecule is CC.CC.CCc1ccc(CC2N=C(c3ccc(N)cc3)c3cc(C)ccc3NC2=O)cc1CC. The van der Waals surface area contributed by atoms with Crippen LogP contribution in [0.25, 0.3) is 0 Å². The average Bonchev–Trinajstić information content (AvgIpc) is 3.03. The van der Waals surface area contributed by atoms with Crippen molar-refractivity contribution < 1.29 is 4.79 Å². The number of nitrogens with one attached hydrogen (secondary N) is 1. The van der Waals surface area contributed by atoms with Gasteiger partial charge in [0.25, 0.3) is 0 Å². The molecule has 0 bridgehead atoms. The van der Waals surface area contributed by atoms with Crippen LogP contribution in [-0.4, -0.2) is 17.7 Å². The normalized spacial score (nSPS) is 14.2. The number of benzene rings is 3. The van der Waals surface area contributed by atoms with Crippen LogP contribution in [-0.2, 0) is 24.1 Å². The molecule has 4 nitrogen and oxygen atoms in total. The third-order valence-electron chi connectivity index (χ3n) is 5.92. The number of hydrogen-bond acceptors (Lipinski definition) is 3. The van der Waals surface area contributed by atoms with Gasteiger partial charge in [0, 0.05) is 23.2 Å². The van der Waals surface area contributed by atoms with Gasteiger partial charge in [0.2, 0.25) is 5.91 Å². The highest BCUT2D eigenvalue weighted by atomic mass is 16.2. The van der Waals surface area contributed by atoms with Crippen LogP contribution in [0.1, 0.15) is 74.9 Å². The van der Waals surface area contributed by atoms with Crippen molar-refractivity contribution in [1.82, 2.24) is 0 Å². The van der Waals surface area contributed by atoms with Gasteiger partial charge >= 0.3 is 0 Å². The lowest BCUT2D eigenvalue weighted by molar-refractivity contribution is -0.117. The molecule has 1 heterocycles. The maximum Gasteiger partial charge on any atom is 0.249 e. The Labute approximate surface area is 211 Å². The summed E-state index contributed by atoms with van der Waals surface area (Å²) in [5.74, 6) is -0.0758. The molecule has 1 aliphatic rings. The second kappa shape index (κ2) is 13.5. The number of carbonyl (C=O) groups excluding carboxylic acids is 1. The molecular formula is C31H41N3O. The molecule has 1 amide bonds. The summed E-state index contributed by atoms with van der Waals surface area (Å²) < 4.78 is 0. The van der Waals surface area contributed by atoms with Crippen LogP contribution in [0.5, 0.6) is 0 Å². The van der Waals surface area contributed by atoms with Crippen molar-refractivity contribution in [3.8, 4) is 0 Å². The molecular weight excluding hydrogens is 430 g/mol. The summed E-state index contributed by atoms with van der Waals surface area (Å²) in [6, 6.07) is 19.8. The summed E-state index contributed by atoms with van der Waals surface area (Å²) >= 11 is 0. The summed E-state index contributed by atoms with van der Waals surface area (Å²) in [5, 5.41) is 3.10. The number of fused-ring (bicyclic) bond motifs is 1. The second-order valence-electron chi connectivity index (χ2n) is 8.17. The maximum absolute atomic E-state index is 13.1. The molecule has 0 radical (unpaired) electrons. The Hall–Kier alpha value is -3.40. The van der Waals surface area contributed by atoms with E-state index in [2.05, 4.69) is 43.4 Å². The first-order chi connectivity index (χ1) is 17.0. The van der Waals surface area contributed by atoms with Gasteiger partial charge in [0.1, 0.15) is 6.04 Å². The number of benzodiazepines with no additional fused rings is 1. The number of nitrogens with two attached hydrogens (primary N) is 1. The standard InChI is InChI=1S/C27H29N3O.2C2H6/c1-4-19-8-7-18(15-20(19)5-2)16-25-27(31)30-24-13-6-17(3)14-23(24)26(29-25)21-9-11-22(28)12-10-21;2*1-2/h6-15,25H,4-5,16,28H2,1-3H3,(H,30,31);2*1-2H3. The monoisotopic (exact) mass is 471 g/mol. The van der Waals surface area contributed by atoms with E-state index in [9.17, 15) is 4.79 Å². The van der Waals surface area contributed by atoms with E-state index >= 15 is 0 Å². The first kappa shape index (κ1) is 27.8. The topological polar surface area (TPSA) is 67.5 Å². The van der Waals surface area contributed by atoms with E-state index < -0.39 is 6.04 Å². The lowest BCUT2D eigenvalue weighted by Gasteiger charge is -2.14. The number of anilines is 2. The van der Waals surface area contributed by atoms with Crippen LogP contribution in [0.15, 0.2) is 65.7 Å². The van der Waals surface area contributed by atoms with E-state index in [-0.39, 0.29) is 5.91 Å². The van der Waals surface area contributed by atoms with Gasteiger partial charge < -0.3 is 11.1 Å². The smallest absolute Gasteiger partial charge is 0.249 e. The highest BCUT2D eigenvalue weighted by Gasteiger charge is 2.26. The summed E-state index contributed by atoms with van der Waals surface area (Å²) in [4.78, 5) is 18.1. The molecule has 0 aliphatic carbocycles. The minimum Gasteiger partial charge on any atom is -0.399 e. The van der Waals surface area contributed by atoms with Crippen LogP contribution in [0.3, 0.4) is 0 Å². The predicted molar refractivity (Wildman–Crippen MR) is 152 cm³/mol. The Bertz CT molecular complexity index is 1150. The Morgan fingerprint density at radius 3 is 2.14 bits per heavy atom. The van der Waals surface area contributed by atoms with Crippen molar-refractivity contribution in [3.63, 3.8) is 0 Å². The fourth-order valence-electron chi connectivity index (χ4n) is 4.18. The van der Waals surface area contributed by atoms with Crippen molar-refractivity contribution in [1.29, 1.82) is 0 Å². The van der Waals surface area contributed by atoms with Crippen LogP contribution >= 0.6 is 0 Å². The maximum atomic E-state index is 13.1. The molecule has 0 saturated heterocycles. The first-order valence-corrected chi connectivity index (χ1v) is 12.9. The van der Waals surface area contributed by atoms with Crippen LogP contribution in [0, 0.1) is 6.92 Å². The van der Waals surface area contributed by atoms with Gasteiger partial charge in [-0.25, -0.2) is 0 Å². The molecule has 1 atom stereocenters. The molecule has 0 spiro atoms. The molecule has 0 saturated carbocycles. The highest BCUT2D eigenvalue weighted by molar-refractivity contribution is 6.19. The van der Waals surface area contributed by atoms with E-state index in [1.165, 1.54) is 11.1 Å². The summed E-state index contributed by atoms with van der Waals surface area (Å²) in [7, 11) is 0. The number of aliphatic imine (C=N–C) groups is 1. The minimum atomic E-state index is -0.502. The summed E-state index contributed by atoms with van der Waals surface area (Å²) in [6.07, 6.45) is 2.56. The average molecular weight is 472 g/mol. The van der Waals surface area contributed by atoms with Crippen LogP contribution < -0.4 is 11.1 Å².